The summed E-state index contributed by atoms with van der Waals surface area (Å²) < 4.78 is 6.07. The van der Waals surface area contributed by atoms with Gasteiger partial charge in [0.2, 0.25) is 0 Å². The van der Waals surface area contributed by atoms with E-state index in [1.54, 1.807) is 6.08 Å². The predicted octanol–water partition coefficient (Wildman–Crippen LogP) is 5.92. The molecule has 0 radical (unpaired) electrons. The van der Waals surface area contributed by atoms with Crippen LogP contribution >= 0.6 is 0 Å². The average Bonchev–Trinajstić information content (AvgIpc) is 2.79. The number of nitrogens with one attached hydrogen (secondary N) is 1. The third-order valence-corrected chi connectivity index (χ3v) is 5.12. The van der Waals surface area contributed by atoms with Gasteiger partial charge in [0.25, 0.3) is 5.91 Å². The third-order valence-electron chi connectivity index (χ3n) is 5.12. The number of hydrogen-bond donors (Lipinski definition) is 1. The van der Waals surface area contributed by atoms with Crippen molar-refractivity contribution in [3.8, 4) is 16.9 Å². The summed E-state index contributed by atoms with van der Waals surface area (Å²) in [6, 6.07) is 30.1. The smallest absolute Gasteiger partial charge is 0.269 e. The zero-order valence-electron chi connectivity index (χ0n) is 15.7. The monoisotopic (exact) mass is 377 g/mol. The fraction of sp³-hybridized carbons (Fsp3) is 0.0385. The molecule has 1 atom stereocenters. The minimum atomic E-state index is -0.665. The molecule has 1 N–H and O–H groups in total. The number of benzene rings is 4. The highest BCUT2D eigenvalue weighted by molar-refractivity contribution is 5.99. The van der Waals surface area contributed by atoms with Gasteiger partial charge in [0.15, 0.2) is 6.10 Å². The largest absolute Gasteiger partial charge is 0.475 e. The molecule has 3 heteroatoms. The van der Waals surface area contributed by atoms with Gasteiger partial charge in [-0.3, -0.25) is 4.79 Å². The Morgan fingerprint density at radius 1 is 0.759 bits per heavy atom. The van der Waals surface area contributed by atoms with Crippen LogP contribution in [0.15, 0.2) is 97.1 Å². The lowest BCUT2D eigenvalue weighted by molar-refractivity contribution is -0.120. The van der Waals surface area contributed by atoms with Crippen molar-refractivity contribution in [2.24, 2.45) is 0 Å². The molecular weight excluding hydrogens is 358 g/mol. The van der Waals surface area contributed by atoms with E-state index < -0.39 is 6.10 Å². The molecule has 0 bridgehead atoms. The van der Waals surface area contributed by atoms with E-state index in [0.29, 0.717) is 0 Å². The zero-order chi connectivity index (χ0) is 19.6. The molecule has 1 unspecified atom stereocenters. The maximum Gasteiger partial charge on any atom is 0.269 e. The standard InChI is InChI=1S/C26H19NO2/c28-26(27-22-15-12-19(13-16-22)18-6-2-1-3-7-18)24-17-14-21-11-10-20-8-4-5-9-23(20)25(21)29-24/h1-17,24H,(H,27,28). The van der Waals surface area contributed by atoms with Crippen LogP contribution in [0.2, 0.25) is 0 Å². The zero-order valence-corrected chi connectivity index (χ0v) is 15.7. The van der Waals surface area contributed by atoms with Crippen molar-refractivity contribution >= 4 is 28.4 Å². The molecule has 4 aromatic rings. The first-order chi connectivity index (χ1) is 14.3. The molecule has 29 heavy (non-hydrogen) atoms. The molecule has 0 saturated carbocycles. The average molecular weight is 377 g/mol. The van der Waals surface area contributed by atoms with Crippen LogP contribution in [0.3, 0.4) is 0 Å². The van der Waals surface area contributed by atoms with E-state index in [4.69, 9.17) is 4.74 Å². The first-order valence-corrected chi connectivity index (χ1v) is 9.61. The van der Waals surface area contributed by atoms with Crippen molar-refractivity contribution in [2.45, 2.75) is 6.10 Å². The summed E-state index contributed by atoms with van der Waals surface area (Å²) in [6.45, 7) is 0. The lowest BCUT2D eigenvalue weighted by atomic mass is 10.0. The molecule has 1 aliphatic heterocycles. The molecule has 1 aliphatic rings. The number of fused-ring (bicyclic) bond motifs is 3. The Morgan fingerprint density at radius 2 is 1.48 bits per heavy atom. The van der Waals surface area contributed by atoms with Gasteiger partial charge in [0, 0.05) is 16.6 Å². The highest BCUT2D eigenvalue weighted by Crippen LogP contribution is 2.34. The maximum atomic E-state index is 12.8. The van der Waals surface area contributed by atoms with Crippen molar-refractivity contribution in [1.82, 2.24) is 0 Å². The summed E-state index contributed by atoms with van der Waals surface area (Å²) in [4.78, 5) is 12.8. The predicted molar refractivity (Wildman–Crippen MR) is 118 cm³/mol. The van der Waals surface area contributed by atoms with E-state index in [1.165, 1.54) is 0 Å². The Kier molecular flexibility index (Phi) is 4.34. The fourth-order valence-corrected chi connectivity index (χ4v) is 3.61. The number of amides is 1. The normalized spacial score (nSPS) is 14.8. The SMILES string of the molecule is O=C(Nc1ccc(-c2ccccc2)cc1)C1C=Cc2ccc3ccccc3c2O1. The van der Waals surface area contributed by atoms with Crippen LogP contribution in [-0.2, 0) is 4.79 Å². The Bertz CT molecular complexity index is 1210. The van der Waals surface area contributed by atoms with Crippen LogP contribution < -0.4 is 10.1 Å². The van der Waals surface area contributed by atoms with Gasteiger partial charge in [-0.25, -0.2) is 0 Å². The summed E-state index contributed by atoms with van der Waals surface area (Å²) in [5.74, 6) is 0.567. The van der Waals surface area contributed by atoms with Crippen LogP contribution in [0, 0.1) is 0 Å². The van der Waals surface area contributed by atoms with E-state index in [0.717, 1.165) is 38.9 Å². The van der Waals surface area contributed by atoms with E-state index in [1.807, 2.05) is 78.9 Å². The second-order valence-electron chi connectivity index (χ2n) is 7.04. The van der Waals surface area contributed by atoms with E-state index >= 15 is 0 Å². The molecule has 140 valence electrons. The molecule has 0 fully saturated rings. The summed E-state index contributed by atoms with van der Waals surface area (Å²) in [5.41, 5.74) is 3.99. The van der Waals surface area contributed by atoms with Crippen LogP contribution in [0.5, 0.6) is 5.75 Å². The summed E-state index contributed by atoms with van der Waals surface area (Å²) in [7, 11) is 0. The van der Waals surface area contributed by atoms with Crippen molar-refractivity contribution < 1.29 is 9.53 Å². The van der Waals surface area contributed by atoms with Crippen LogP contribution in [0.4, 0.5) is 5.69 Å². The molecule has 0 saturated heterocycles. The highest BCUT2D eigenvalue weighted by Gasteiger charge is 2.23. The van der Waals surface area contributed by atoms with Gasteiger partial charge in [-0.1, -0.05) is 84.9 Å². The molecule has 1 heterocycles. The van der Waals surface area contributed by atoms with E-state index in [-0.39, 0.29) is 5.91 Å². The fourth-order valence-electron chi connectivity index (χ4n) is 3.61. The van der Waals surface area contributed by atoms with Gasteiger partial charge in [-0.2, -0.15) is 0 Å². The molecule has 4 aromatic carbocycles. The van der Waals surface area contributed by atoms with Crippen molar-refractivity contribution in [2.75, 3.05) is 5.32 Å². The van der Waals surface area contributed by atoms with Crippen molar-refractivity contribution in [3.63, 3.8) is 0 Å². The summed E-state index contributed by atoms with van der Waals surface area (Å²) in [6.07, 6.45) is 3.08. The second kappa shape index (κ2) is 7.28. The topological polar surface area (TPSA) is 38.3 Å². The number of rotatable bonds is 3. The van der Waals surface area contributed by atoms with Gasteiger partial charge >= 0.3 is 0 Å². The second-order valence-corrected chi connectivity index (χ2v) is 7.04. The van der Waals surface area contributed by atoms with E-state index in [2.05, 4.69) is 23.5 Å². The van der Waals surface area contributed by atoms with Crippen molar-refractivity contribution in [3.05, 3.63) is 103 Å². The molecule has 0 spiro atoms. The van der Waals surface area contributed by atoms with Gasteiger partial charge in [0.05, 0.1) is 0 Å². The molecular formula is C26H19NO2. The highest BCUT2D eigenvalue weighted by atomic mass is 16.5. The van der Waals surface area contributed by atoms with Crippen LogP contribution in [-0.4, -0.2) is 12.0 Å². The molecule has 3 nitrogen and oxygen atoms in total. The lowest BCUT2D eigenvalue weighted by Gasteiger charge is -2.22. The quantitative estimate of drug-likeness (QED) is 0.481. The third kappa shape index (κ3) is 3.39. The Hall–Kier alpha value is -3.85. The lowest BCUT2D eigenvalue weighted by Crippen LogP contribution is -2.32. The molecule has 5 rings (SSSR count). The summed E-state index contributed by atoms with van der Waals surface area (Å²) >= 11 is 0. The first kappa shape index (κ1) is 17.3. The van der Waals surface area contributed by atoms with E-state index in [9.17, 15) is 4.79 Å². The number of hydrogen-bond acceptors (Lipinski definition) is 2. The minimum Gasteiger partial charge on any atom is -0.475 e. The number of ether oxygens (including phenoxy) is 1. The molecule has 1 amide bonds. The van der Waals surface area contributed by atoms with Gasteiger partial charge in [-0.15, -0.1) is 0 Å². The van der Waals surface area contributed by atoms with Crippen LogP contribution in [0.1, 0.15) is 5.56 Å². The summed E-state index contributed by atoms with van der Waals surface area (Å²) in [5, 5.41) is 5.06. The Labute approximate surface area is 169 Å². The van der Waals surface area contributed by atoms with Gasteiger partial charge in [0.1, 0.15) is 5.75 Å². The Morgan fingerprint density at radius 3 is 2.31 bits per heavy atom. The van der Waals surface area contributed by atoms with Crippen LogP contribution in [0.25, 0.3) is 28.0 Å². The molecule has 0 aliphatic carbocycles. The molecule has 0 aromatic heterocycles. The van der Waals surface area contributed by atoms with Gasteiger partial charge < -0.3 is 10.1 Å². The first-order valence-electron chi connectivity index (χ1n) is 9.61. The van der Waals surface area contributed by atoms with Crippen molar-refractivity contribution in [1.29, 1.82) is 0 Å². The number of carbonyl (C=O) groups excluding carboxylic acids is 1. The van der Waals surface area contributed by atoms with Gasteiger partial charge in [-0.05, 0) is 34.7 Å². The number of carbonyl (C=O) groups is 1. The Balaban J connectivity index is 1.34. The number of anilines is 1. The minimum absolute atomic E-state index is 0.188. The maximum absolute atomic E-state index is 12.8.